The second-order valence-corrected chi connectivity index (χ2v) is 16.5. The van der Waals surface area contributed by atoms with Crippen LogP contribution < -0.4 is 5.32 Å². The zero-order chi connectivity index (χ0) is 40.5. The molecule has 8 N–H and O–H groups in total. The van der Waals surface area contributed by atoms with E-state index >= 15 is 0 Å². The van der Waals surface area contributed by atoms with E-state index in [-0.39, 0.29) is 6.42 Å². The highest BCUT2D eigenvalue weighted by molar-refractivity contribution is 5.80. The molecule has 0 saturated carbocycles. The highest BCUT2D eigenvalue weighted by Crippen LogP contribution is 2.23. The Labute approximate surface area is 335 Å². The van der Waals surface area contributed by atoms with Crippen molar-refractivity contribution in [3.8, 4) is 0 Å². The second-order valence-electron chi connectivity index (χ2n) is 16.5. The lowest BCUT2D eigenvalue weighted by molar-refractivity contribution is -0.303. The molecule has 328 valence electrons. The van der Waals surface area contributed by atoms with Crippen molar-refractivity contribution >= 4 is 5.91 Å². The van der Waals surface area contributed by atoms with Gasteiger partial charge in [-0.25, -0.2) is 0 Å². The monoisotopic (exact) mass is 790 g/mol. The molecule has 1 rings (SSSR count). The number of hydrogen-bond acceptors (Lipinski definition) is 10. The van der Waals surface area contributed by atoms with Crippen LogP contribution in [0.25, 0.3) is 0 Å². The summed E-state index contributed by atoms with van der Waals surface area (Å²) in [6.45, 7) is 3.39. The van der Waals surface area contributed by atoms with Gasteiger partial charge in [0, 0.05) is 0 Å². The molecule has 0 radical (unpaired) electrons. The predicted octanol–water partition coefficient (Wildman–Crippen LogP) is 7.11. The number of carbonyl (C=O) groups excluding carboxylic acids is 1. The molecule has 9 atom stereocenters. The van der Waals surface area contributed by atoms with E-state index in [2.05, 4.69) is 19.2 Å². The lowest BCUT2D eigenvalue weighted by Crippen LogP contribution is -2.60. The summed E-state index contributed by atoms with van der Waals surface area (Å²) in [6, 6.07) is -1.16. The average molecular weight is 790 g/mol. The van der Waals surface area contributed by atoms with Crippen LogP contribution in [0.2, 0.25) is 0 Å². The topological polar surface area (TPSA) is 189 Å². The number of hydrogen-bond donors (Lipinski definition) is 8. The number of aliphatic hydroxyl groups excluding tert-OH is 7. The quantitative estimate of drug-likeness (QED) is 0.0300. The fraction of sp³-hybridized carbons (Fsp3) is 0.977. The van der Waals surface area contributed by atoms with Gasteiger partial charge in [0.1, 0.15) is 36.6 Å². The molecule has 1 amide bonds. The second kappa shape index (κ2) is 35.1. The van der Waals surface area contributed by atoms with Gasteiger partial charge in [-0.2, -0.15) is 0 Å². The Balaban J connectivity index is 2.32. The third kappa shape index (κ3) is 25.3. The molecule has 1 heterocycles. The van der Waals surface area contributed by atoms with Gasteiger partial charge in [-0.3, -0.25) is 4.79 Å². The maximum Gasteiger partial charge on any atom is 0.249 e. The van der Waals surface area contributed by atoms with Gasteiger partial charge in [0.15, 0.2) is 6.29 Å². The van der Waals surface area contributed by atoms with Crippen molar-refractivity contribution in [3.63, 3.8) is 0 Å². The van der Waals surface area contributed by atoms with Gasteiger partial charge in [-0.1, -0.05) is 194 Å². The van der Waals surface area contributed by atoms with Crippen molar-refractivity contribution in [3.05, 3.63) is 0 Å². The first kappa shape index (κ1) is 52.1. The van der Waals surface area contributed by atoms with Crippen LogP contribution >= 0.6 is 0 Å². The molecular weight excluding hydrogens is 702 g/mol. The van der Waals surface area contributed by atoms with Crippen molar-refractivity contribution < 1.29 is 50.0 Å². The maximum atomic E-state index is 13.0. The number of amides is 1. The average Bonchev–Trinajstić information content (AvgIpc) is 3.18. The standard InChI is InChI=1S/C44H87NO10/c1-3-5-7-9-11-12-13-14-15-16-17-18-19-20-21-22-23-24-26-28-30-32-37(48)43(53)45-35(39(49)36(47)31-29-27-25-10-8-6-4-2)34-54-44-42(52)41(51)40(50)38(33-46)55-44/h35-42,44,46-52H,3-34H2,1-2H3,(H,45,53). The molecule has 1 aliphatic heterocycles. The minimum atomic E-state index is -1.65. The van der Waals surface area contributed by atoms with Gasteiger partial charge in [0.2, 0.25) is 5.91 Å². The fourth-order valence-electron chi connectivity index (χ4n) is 7.56. The van der Waals surface area contributed by atoms with Crippen LogP contribution in [0.3, 0.4) is 0 Å². The van der Waals surface area contributed by atoms with E-state index in [0.29, 0.717) is 19.3 Å². The van der Waals surface area contributed by atoms with E-state index in [9.17, 15) is 40.5 Å². The Hall–Kier alpha value is -0.890. The molecule has 11 nitrogen and oxygen atoms in total. The number of unbranched alkanes of at least 4 members (excludes halogenated alkanes) is 26. The van der Waals surface area contributed by atoms with Crippen LogP contribution in [-0.2, 0) is 14.3 Å². The summed E-state index contributed by atoms with van der Waals surface area (Å²) < 4.78 is 11.0. The molecule has 0 aromatic rings. The summed E-state index contributed by atoms with van der Waals surface area (Å²) in [4.78, 5) is 13.0. The molecule has 1 fully saturated rings. The van der Waals surface area contributed by atoms with Gasteiger partial charge in [0.25, 0.3) is 0 Å². The Kier molecular flexibility index (Phi) is 33.3. The van der Waals surface area contributed by atoms with E-state index in [1.54, 1.807) is 0 Å². The van der Waals surface area contributed by atoms with Crippen LogP contribution in [0, 0.1) is 0 Å². The first-order valence-electron chi connectivity index (χ1n) is 22.9. The lowest BCUT2D eigenvalue weighted by atomic mass is 9.98. The Morgan fingerprint density at radius 1 is 0.564 bits per heavy atom. The molecule has 0 aromatic heterocycles. The molecule has 9 unspecified atom stereocenters. The van der Waals surface area contributed by atoms with Crippen LogP contribution in [0.1, 0.15) is 206 Å². The number of aliphatic hydroxyl groups is 7. The van der Waals surface area contributed by atoms with E-state index < -0.39 is 74.2 Å². The predicted molar refractivity (Wildman–Crippen MR) is 220 cm³/mol. The summed E-state index contributed by atoms with van der Waals surface area (Å²) >= 11 is 0. The van der Waals surface area contributed by atoms with Crippen molar-refractivity contribution in [1.82, 2.24) is 5.32 Å². The van der Waals surface area contributed by atoms with Gasteiger partial charge < -0.3 is 50.5 Å². The summed E-state index contributed by atoms with van der Waals surface area (Å²) in [6.07, 6.45) is 23.3. The first-order chi connectivity index (χ1) is 26.7. The largest absolute Gasteiger partial charge is 0.394 e. The molecule has 1 aliphatic rings. The van der Waals surface area contributed by atoms with Crippen LogP contribution in [0.15, 0.2) is 0 Å². The molecule has 1 saturated heterocycles. The van der Waals surface area contributed by atoms with Crippen molar-refractivity contribution in [1.29, 1.82) is 0 Å². The lowest BCUT2D eigenvalue weighted by Gasteiger charge is -2.40. The van der Waals surface area contributed by atoms with Crippen LogP contribution in [0.4, 0.5) is 0 Å². The number of rotatable bonds is 38. The van der Waals surface area contributed by atoms with E-state index in [0.717, 1.165) is 44.9 Å². The first-order valence-corrected chi connectivity index (χ1v) is 22.9. The summed E-state index contributed by atoms with van der Waals surface area (Å²) in [5, 5.41) is 75.2. The summed E-state index contributed by atoms with van der Waals surface area (Å²) in [5.41, 5.74) is 0. The molecule has 0 aromatic carbocycles. The van der Waals surface area contributed by atoms with E-state index in [1.807, 2.05) is 0 Å². The highest BCUT2D eigenvalue weighted by atomic mass is 16.7. The summed E-state index contributed by atoms with van der Waals surface area (Å²) in [7, 11) is 0. The number of nitrogens with one attached hydrogen (secondary N) is 1. The van der Waals surface area contributed by atoms with E-state index in [4.69, 9.17) is 9.47 Å². The Morgan fingerprint density at radius 2 is 0.945 bits per heavy atom. The normalized spacial score (nSPS) is 22.4. The number of ether oxygens (including phenoxy) is 2. The van der Waals surface area contributed by atoms with Gasteiger partial charge in [-0.15, -0.1) is 0 Å². The molecule has 55 heavy (non-hydrogen) atoms. The van der Waals surface area contributed by atoms with E-state index in [1.165, 1.54) is 122 Å². The fourth-order valence-corrected chi connectivity index (χ4v) is 7.56. The van der Waals surface area contributed by atoms with Crippen LogP contribution in [0.5, 0.6) is 0 Å². The molecule has 11 heteroatoms. The molecule has 0 spiro atoms. The molecule has 0 bridgehead atoms. The minimum Gasteiger partial charge on any atom is -0.394 e. The van der Waals surface area contributed by atoms with Gasteiger partial charge >= 0.3 is 0 Å². The third-order valence-electron chi connectivity index (χ3n) is 11.4. The highest BCUT2D eigenvalue weighted by Gasteiger charge is 2.44. The van der Waals surface area contributed by atoms with Crippen molar-refractivity contribution in [2.45, 2.75) is 262 Å². The zero-order valence-corrected chi connectivity index (χ0v) is 35.2. The Morgan fingerprint density at radius 3 is 1.35 bits per heavy atom. The van der Waals surface area contributed by atoms with Crippen molar-refractivity contribution in [2.75, 3.05) is 13.2 Å². The zero-order valence-electron chi connectivity index (χ0n) is 35.2. The minimum absolute atomic E-state index is 0.266. The smallest absolute Gasteiger partial charge is 0.249 e. The van der Waals surface area contributed by atoms with Crippen molar-refractivity contribution in [2.24, 2.45) is 0 Å². The van der Waals surface area contributed by atoms with Gasteiger partial charge in [0.05, 0.1) is 25.4 Å². The SMILES string of the molecule is CCCCCCCCCCCCCCCCCCCCCCCC(O)C(=O)NC(COC1OC(CO)C(O)C(O)C1O)C(O)C(O)CCCCCCCCC. The number of carbonyl (C=O) groups is 1. The van der Waals surface area contributed by atoms with Crippen LogP contribution in [-0.4, -0.2) is 110 Å². The molecular formula is C44H87NO10. The Bertz CT molecular complexity index is 866. The maximum absolute atomic E-state index is 13.0. The molecule has 0 aliphatic carbocycles. The third-order valence-corrected chi connectivity index (χ3v) is 11.4. The van der Waals surface area contributed by atoms with Gasteiger partial charge in [-0.05, 0) is 12.8 Å². The summed E-state index contributed by atoms with van der Waals surface area (Å²) in [5.74, 6) is -0.697.